The fourth-order valence-electron chi connectivity index (χ4n) is 0.803. The fraction of sp³-hybridized carbons (Fsp3) is 0.643. The van der Waals surface area contributed by atoms with Crippen molar-refractivity contribution < 1.29 is 80.7 Å². The summed E-state index contributed by atoms with van der Waals surface area (Å²) in [4.78, 5) is 0. The molecule has 0 atom stereocenters. The normalized spacial score (nSPS) is 10.4. The van der Waals surface area contributed by atoms with Crippen molar-refractivity contribution in [2.24, 2.45) is 0 Å². The summed E-state index contributed by atoms with van der Waals surface area (Å²) in [6.45, 7) is 5.79. The molecule has 0 fully saturated rings. The molecular formula is C14H23F9GeHfO3-. The zero-order valence-electron chi connectivity index (χ0n) is 15.3. The van der Waals surface area contributed by atoms with E-state index in [0.717, 1.165) is 0 Å². The Morgan fingerprint density at radius 2 is 0.821 bits per heavy atom. The summed E-state index contributed by atoms with van der Waals surface area (Å²) < 4.78 is 102. The summed E-state index contributed by atoms with van der Waals surface area (Å²) in [5.41, 5.74) is 0. The maximum Gasteiger partial charge on any atom is 0 e. The second-order valence-corrected chi connectivity index (χ2v) is 8.92. The number of halogens is 9. The van der Waals surface area contributed by atoms with Gasteiger partial charge in [0.25, 0.3) is 0 Å². The molecule has 3 N–H and O–H groups in total. The Labute approximate surface area is 180 Å². The Morgan fingerprint density at radius 1 is 0.643 bits per heavy atom. The standard InChI is InChI=1S/C5H5.C3F9Ge.3C2H6O.Hf/c1-2-4-5-3-1;4-1(5,6)13(2(7,8)9)3(10,11)12;3*1-2-3;/h1-5H;;3*3H,2H2,1H3;/q-1;;;;;. The van der Waals surface area contributed by atoms with Gasteiger partial charge in [0.05, 0.1) is 0 Å². The van der Waals surface area contributed by atoms with Crippen LogP contribution in [0.5, 0.6) is 0 Å². The van der Waals surface area contributed by atoms with E-state index in [1.165, 1.54) is 0 Å². The molecule has 0 aliphatic carbocycles. The number of hydrogen-bond acceptors (Lipinski definition) is 3. The van der Waals surface area contributed by atoms with Crippen LogP contribution in [0, 0.1) is 0 Å². The average molecular weight is 661 g/mol. The van der Waals surface area contributed by atoms with Crippen molar-refractivity contribution in [3.8, 4) is 0 Å². The smallest absolute Gasteiger partial charge is 0 e. The Bertz CT molecular complexity index is 328. The summed E-state index contributed by atoms with van der Waals surface area (Å²) in [6.07, 6.45) is 0. The van der Waals surface area contributed by atoms with Gasteiger partial charge in [-0.15, -0.1) is 0 Å². The van der Waals surface area contributed by atoms with Gasteiger partial charge >= 0.3 is 68.9 Å². The molecule has 1 rings (SSSR count). The zero-order valence-corrected chi connectivity index (χ0v) is 20.9. The molecule has 28 heavy (non-hydrogen) atoms. The molecule has 0 aromatic heterocycles. The quantitative estimate of drug-likeness (QED) is 0.222. The molecule has 1 radical (unpaired) electrons. The molecule has 0 aliphatic rings. The van der Waals surface area contributed by atoms with Gasteiger partial charge in [0.15, 0.2) is 0 Å². The second-order valence-electron chi connectivity index (χ2n) is 3.78. The molecule has 1 aromatic carbocycles. The molecule has 0 bridgehead atoms. The summed E-state index contributed by atoms with van der Waals surface area (Å²) in [6, 6.07) is 10.0. The average Bonchev–Trinajstić information content (AvgIpc) is 2.94. The molecule has 0 unspecified atom stereocenters. The van der Waals surface area contributed by atoms with Gasteiger partial charge < -0.3 is 15.3 Å². The molecule has 0 amide bonds. The van der Waals surface area contributed by atoms with Crippen LogP contribution in [0.3, 0.4) is 0 Å². The molecule has 1 aromatic rings. The van der Waals surface area contributed by atoms with Crippen molar-refractivity contribution in [2.45, 2.75) is 35.8 Å². The maximum atomic E-state index is 11.3. The van der Waals surface area contributed by atoms with Crippen molar-refractivity contribution in [1.29, 1.82) is 0 Å². The molecule has 0 spiro atoms. The predicted molar refractivity (Wildman–Crippen MR) is 84.2 cm³/mol. The van der Waals surface area contributed by atoms with Crippen molar-refractivity contribution in [2.75, 3.05) is 19.8 Å². The molecule has 0 saturated carbocycles. The Kier molecular flexibility index (Phi) is 29.9. The van der Waals surface area contributed by atoms with Crippen LogP contribution in [0.2, 0.25) is 0 Å². The third-order valence-electron chi connectivity index (χ3n) is 1.41. The van der Waals surface area contributed by atoms with E-state index < -0.39 is 29.4 Å². The topological polar surface area (TPSA) is 60.7 Å². The molecule has 3 nitrogen and oxygen atoms in total. The minimum absolute atomic E-state index is 0. The second kappa shape index (κ2) is 21.7. The van der Waals surface area contributed by atoms with Crippen LogP contribution in [-0.2, 0) is 25.8 Å². The third-order valence-corrected chi connectivity index (χ3v) is 4.97. The van der Waals surface area contributed by atoms with Crippen molar-refractivity contribution in [3.05, 3.63) is 30.3 Å². The Hall–Kier alpha value is 0.0130. The first kappa shape index (κ1) is 38.6. The number of alkyl halides is 9. The van der Waals surface area contributed by atoms with Crippen LogP contribution in [0.15, 0.2) is 30.3 Å². The van der Waals surface area contributed by atoms with Crippen LogP contribution in [0.1, 0.15) is 20.8 Å². The molecule has 0 aliphatic heterocycles. The Morgan fingerprint density at radius 3 is 0.857 bits per heavy atom. The van der Waals surface area contributed by atoms with Crippen LogP contribution < -0.4 is 0 Å². The maximum absolute atomic E-state index is 11.3. The number of hydrogen-bond donors (Lipinski definition) is 3. The number of aliphatic hydroxyl groups is 3. The van der Waals surface area contributed by atoms with E-state index in [1.54, 1.807) is 20.8 Å². The van der Waals surface area contributed by atoms with Crippen LogP contribution >= 0.6 is 0 Å². The predicted octanol–water partition coefficient (Wildman–Crippen LogP) is 4.18. The van der Waals surface area contributed by atoms with E-state index in [4.69, 9.17) is 15.3 Å². The van der Waals surface area contributed by atoms with E-state index in [2.05, 4.69) is 0 Å². The first-order valence-electron chi connectivity index (χ1n) is 7.19. The van der Waals surface area contributed by atoms with Gasteiger partial charge in [0, 0.05) is 45.7 Å². The number of aliphatic hydroxyl groups excluding tert-OH is 3. The largest absolute Gasteiger partial charge is 0.214 e. The summed E-state index contributed by atoms with van der Waals surface area (Å²) in [5.74, 6) is 0. The monoisotopic (exact) mass is 664 g/mol. The fourth-order valence-corrected chi connectivity index (χ4v) is 2.83. The molecule has 14 heteroatoms. The van der Waals surface area contributed by atoms with Crippen molar-refractivity contribution >= 4 is 14.3 Å². The molecular weight excluding hydrogens is 638 g/mol. The Balaban J connectivity index is -0.0000000964. The van der Waals surface area contributed by atoms with Gasteiger partial charge in [-0.1, -0.05) is 0 Å². The summed E-state index contributed by atoms with van der Waals surface area (Å²) in [5, 5.41) is 4.11. The van der Waals surface area contributed by atoms with Gasteiger partial charge in [-0.2, -0.15) is 18.2 Å². The summed E-state index contributed by atoms with van der Waals surface area (Å²) >= 11 is -7.10. The molecule has 0 heterocycles. The van der Waals surface area contributed by atoms with Gasteiger partial charge in [-0.3, -0.25) is 0 Å². The van der Waals surface area contributed by atoms with E-state index in [9.17, 15) is 39.5 Å². The first-order chi connectivity index (χ1) is 12.1. The molecule has 169 valence electrons. The van der Waals surface area contributed by atoms with Crippen LogP contribution in [0.4, 0.5) is 39.5 Å². The first-order valence-corrected chi connectivity index (χ1v) is 10.3. The van der Waals surface area contributed by atoms with E-state index in [-0.39, 0.29) is 45.7 Å². The minimum atomic E-state index is -7.10. The van der Waals surface area contributed by atoms with Crippen molar-refractivity contribution in [3.63, 3.8) is 0 Å². The van der Waals surface area contributed by atoms with Gasteiger partial charge in [-0.05, 0) is 20.8 Å². The van der Waals surface area contributed by atoms with Gasteiger partial charge in [-0.25, -0.2) is 12.1 Å². The zero-order chi connectivity index (χ0) is 22.7. The van der Waals surface area contributed by atoms with Crippen LogP contribution in [-0.4, -0.2) is 64.5 Å². The number of rotatable bonds is 0. The van der Waals surface area contributed by atoms with E-state index in [1.807, 2.05) is 30.3 Å². The van der Waals surface area contributed by atoms with Crippen LogP contribution in [0.25, 0.3) is 0 Å². The van der Waals surface area contributed by atoms with Gasteiger partial charge in [0.2, 0.25) is 0 Å². The molecule has 0 saturated heterocycles. The SMILES string of the molecule is CCO.CCO.CCO.F[C](F)(F)[Ge]([C](F)(F)F)[C](F)(F)F.[Hf].c1cc[cH-]c1. The third kappa shape index (κ3) is 30.7. The van der Waals surface area contributed by atoms with E-state index in [0.29, 0.717) is 0 Å². The summed E-state index contributed by atoms with van der Waals surface area (Å²) in [7, 11) is 0. The van der Waals surface area contributed by atoms with Gasteiger partial charge in [0.1, 0.15) is 0 Å². The van der Waals surface area contributed by atoms with Crippen molar-refractivity contribution in [1.82, 2.24) is 0 Å². The minimum Gasteiger partial charge on any atom is -0.214 e. The van der Waals surface area contributed by atoms with E-state index >= 15 is 0 Å².